The molecule has 222 valence electrons. The van der Waals surface area contributed by atoms with Crippen LogP contribution in [0.3, 0.4) is 0 Å². The average molecular weight is 685 g/mol. The molecule has 0 nitrogen and oxygen atoms in total. The molecule has 0 saturated carbocycles. The van der Waals surface area contributed by atoms with E-state index in [-0.39, 0.29) is 35.6 Å². The minimum absolute atomic E-state index is 0. The van der Waals surface area contributed by atoms with Crippen LogP contribution in [0, 0.1) is 6.08 Å². The number of hydrogen-bond donors (Lipinski definition) is 0. The van der Waals surface area contributed by atoms with Crippen molar-refractivity contribution in [1.82, 2.24) is 0 Å². The molecule has 0 spiro atoms. The Kier molecular flexibility index (Phi) is 14.2. The second-order valence-corrected chi connectivity index (χ2v) is 13.7. The van der Waals surface area contributed by atoms with E-state index in [4.69, 9.17) is 0 Å². The van der Waals surface area contributed by atoms with Gasteiger partial charge in [0.05, 0.1) is 0 Å². The fourth-order valence-electron chi connectivity index (χ4n) is 4.92. The summed E-state index contributed by atoms with van der Waals surface area (Å²) in [5.74, 6) is 0. The number of hydrogen-bond acceptors (Lipinski definition) is 0. The van der Waals surface area contributed by atoms with E-state index in [9.17, 15) is 0 Å². The molecular weight excluding hydrogens is 643 g/mol. The zero-order valence-electron chi connectivity index (χ0n) is 26.2. The van der Waals surface area contributed by atoms with E-state index in [2.05, 4.69) is 154 Å². The molecule has 6 rings (SSSR count). The maximum absolute atomic E-state index is 3.15. The summed E-state index contributed by atoms with van der Waals surface area (Å²) in [6, 6.07) is 37.1. The van der Waals surface area contributed by atoms with Crippen molar-refractivity contribution in [1.29, 1.82) is 0 Å². The van der Waals surface area contributed by atoms with Crippen LogP contribution in [0.15, 0.2) is 115 Å². The Hall–Kier alpha value is -2.44. The van der Waals surface area contributed by atoms with Crippen molar-refractivity contribution in [2.75, 3.05) is 0 Å². The fourth-order valence-corrected chi connectivity index (χ4v) is 5.50. The molecule has 5 aromatic rings. The Morgan fingerprint density at radius 3 is 1.60 bits per heavy atom. The molecule has 0 aromatic heterocycles. The molecule has 0 aliphatic heterocycles. The first-order chi connectivity index (χ1) is 19.6. The first-order valence-corrected chi connectivity index (χ1v) is 16.0. The SMILES string of the molecule is CC(C)(C)c1ccc2c(c1)[cH-]c1cc(C(C)(C)C)ccc12.[C-]1=CC(c2ccccc2)=CC1.[Cl-].[Cl-].[Zr+2]=[CH]Cc1ccccc1. The Balaban J connectivity index is 0.000000247. The molecule has 1 aliphatic carbocycles. The second kappa shape index (κ2) is 16.6. The first kappa shape index (κ1) is 36.8. The number of benzene rings is 4. The Bertz CT molecular complexity index is 1580. The zero-order valence-corrected chi connectivity index (χ0v) is 30.2. The second-order valence-electron chi connectivity index (χ2n) is 12.7. The summed E-state index contributed by atoms with van der Waals surface area (Å²) in [6.07, 6.45) is 9.48. The van der Waals surface area contributed by atoms with Gasteiger partial charge in [-0.15, -0.1) is 51.7 Å². The Morgan fingerprint density at radius 1 is 0.698 bits per heavy atom. The van der Waals surface area contributed by atoms with Crippen molar-refractivity contribution < 1.29 is 49.0 Å². The molecule has 1 aliphatic rings. The summed E-state index contributed by atoms with van der Waals surface area (Å²) in [6.45, 7) is 13.6. The molecule has 0 fully saturated rings. The molecule has 0 saturated heterocycles. The number of allylic oxidation sites excluding steroid dienone is 4. The predicted octanol–water partition coefficient (Wildman–Crippen LogP) is 4.73. The molecule has 0 unspecified atom stereocenters. The quantitative estimate of drug-likeness (QED) is 0.242. The van der Waals surface area contributed by atoms with Crippen molar-refractivity contribution in [3.8, 4) is 0 Å². The fraction of sp³-hybridized carbons (Fsp3) is 0.250. The van der Waals surface area contributed by atoms with Gasteiger partial charge in [0.2, 0.25) is 0 Å². The zero-order chi connectivity index (χ0) is 29.5. The van der Waals surface area contributed by atoms with Crippen LogP contribution in [0.1, 0.15) is 70.2 Å². The van der Waals surface area contributed by atoms with Gasteiger partial charge in [-0.05, 0) is 10.8 Å². The van der Waals surface area contributed by atoms with Crippen molar-refractivity contribution >= 4 is 30.8 Å². The summed E-state index contributed by atoms with van der Waals surface area (Å²) in [7, 11) is 0. The topological polar surface area (TPSA) is 0 Å². The van der Waals surface area contributed by atoms with Crippen LogP contribution in [0.25, 0.3) is 27.1 Å². The van der Waals surface area contributed by atoms with Gasteiger partial charge < -0.3 is 24.8 Å². The number of fused-ring (bicyclic) bond motifs is 3. The van der Waals surface area contributed by atoms with E-state index < -0.39 is 0 Å². The van der Waals surface area contributed by atoms with Gasteiger partial charge in [0.15, 0.2) is 0 Å². The summed E-state index contributed by atoms with van der Waals surface area (Å²) in [5.41, 5.74) is 7.21. The Labute approximate surface area is 286 Å². The van der Waals surface area contributed by atoms with Gasteiger partial charge in [0, 0.05) is 0 Å². The third kappa shape index (κ3) is 10.3. The predicted molar refractivity (Wildman–Crippen MR) is 178 cm³/mol. The van der Waals surface area contributed by atoms with Gasteiger partial charge in [-0.1, -0.05) is 107 Å². The first-order valence-electron chi connectivity index (χ1n) is 14.6. The monoisotopic (exact) mass is 682 g/mol. The van der Waals surface area contributed by atoms with Gasteiger partial charge in [-0.3, -0.25) is 6.08 Å². The van der Waals surface area contributed by atoms with E-state index in [0.29, 0.717) is 0 Å². The van der Waals surface area contributed by atoms with Gasteiger partial charge in [-0.25, -0.2) is 6.08 Å². The molecule has 0 radical (unpaired) electrons. The van der Waals surface area contributed by atoms with Crippen molar-refractivity contribution in [2.24, 2.45) is 0 Å². The molecule has 5 aromatic carbocycles. The van der Waals surface area contributed by atoms with Crippen LogP contribution in [0.4, 0.5) is 0 Å². The van der Waals surface area contributed by atoms with Gasteiger partial charge >= 0.3 is 70.3 Å². The van der Waals surface area contributed by atoms with Gasteiger partial charge in [-0.2, -0.15) is 11.6 Å². The van der Waals surface area contributed by atoms with E-state index in [0.717, 1.165) is 12.8 Å². The minimum atomic E-state index is 0. The van der Waals surface area contributed by atoms with Crippen LogP contribution < -0.4 is 24.8 Å². The molecule has 43 heavy (non-hydrogen) atoms. The molecular formula is C40H42Cl2Zr-2. The van der Waals surface area contributed by atoms with Crippen molar-refractivity contribution in [3.05, 3.63) is 144 Å². The van der Waals surface area contributed by atoms with Gasteiger partial charge in [0.1, 0.15) is 0 Å². The summed E-state index contributed by atoms with van der Waals surface area (Å²) < 4.78 is 2.25. The normalized spacial score (nSPS) is 12.2. The number of rotatable bonds is 3. The standard InChI is InChI=1S/C21H25.C11H9.C8H8.2ClH.Zr/c1-20(2,3)16-7-9-18-14(12-16)11-15-13-17(21(4,5)6)8-10-19(15)18;1-2-6-10(7-3-1)11-8-4-5-9-11;1-2-8-6-4-3-5-7-8;;;/h7-13H,1-6H3;1-3,6-9H,4H2;1,3-7H,2H2;2*1H;/q2*-1;;;;+2/p-2. The van der Waals surface area contributed by atoms with Crippen LogP contribution in [0.5, 0.6) is 0 Å². The van der Waals surface area contributed by atoms with Gasteiger partial charge in [0.25, 0.3) is 0 Å². The molecule has 3 heteroatoms. The summed E-state index contributed by atoms with van der Waals surface area (Å²) in [4.78, 5) is 0. The molecule has 0 bridgehead atoms. The number of halogens is 2. The third-order valence-electron chi connectivity index (χ3n) is 7.42. The van der Waals surface area contributed by atoms with Crippen LogP contribution >= 0.6 is 0 Å². The van der Waals surface area contributed by atoms with Crippen molar-refractivity contribution in [2.45, 2.75) is 65.2 Å². The van der Waals surface area contributed by atoms with E-state index in [1.54, 1.807) is 0 Å². The summed E-state index contributed by atoms with van der Waals surface area (Å²) in [5, 5.41) is 5.48. The van der Waals surface area contributed by atoms with Crippen molar-refractivity contribution in [3.63, 3.8) is 0 Å². The third-order valence-corrected chi connectivity index (χ3v) is 7.92. The van der Waals surface area contributed by atoms with Crippen LogP contribution in [0.2, 0.25) is 0 Å². The van der Waals surface area contributed by atoms with Crippen LogP contribution in [-0.2, 0) is 41.5 Å². The molecule has 0 heterocycles. The van der Waals surface area contributed by atoms with Crippen LogP contribution in [-0.4, -0.2) is 3.71 Å². The molecule has 0 atom stereocenters. The van der Waals surface area contributed by atoms with E-state index in [1.165, 1.54) is 73.6 Å². The Morgan fingerprint density at radius 2 is 1.19 bits per heavy atom. The maximum atomic E-state index is 3.15. The molecule has 0 amide bonds. The summed E-state index contributed by atoms with van der Waals surface area (Å²) >= 11 is 1.51. The van der Waals surface area contributed by atoms with E-state index >= 15 is 0 Å². The average Bonchev–Trinajstić information content (AvgIpc) is 3.62. The van der Waals surface area contributed by atoms with E-state index in [1.807, 2.05) is 12.1 Å². The molecule has 0 N–H and O–H groups in total.